The molecule has 0 aliphatic carbocycles. The predicted molar refractivity (Wildman–Crippen MR) is 96.7 cm³/mol. The predicted octanol–water partition coefficient (Wildman–Crippen LogP) is 4.15. The molecule has 132 valence electrons. The number of nitrogens with one attached hydrogen (secondary N) is 2. The Bertz CT molecular complexity index is 880. The first-order valence-electron chi connectivity index (χ1n) is 8.07. The molecule has 1 heterocycles. The van der Waals surface area contributed by atoms with Crippen LogP contribution < -0.4 is 10.6 Å². The molecule has 0 unspecified atom stereocenters. The molecule has 0 fully saturated rings. The minimum atomic E-state index is -0.367. The molecule has 0 bridgehead atoms. The largest absolute Gasteiger partial charge is 0.366 e. The summed E-state index contributed by atoms with van der Waals surface area (Å²) in [5.41, 5.74) is 2.09. The van der Waals surface area contributed by atoms with Gasteiger partial charge in [-0.2, -0.15) is 0 Å². The van der Waals surface area contributed by atoms with Crippen molar-refractivity contribution < 1.29 is 13.6 Å². The lowest BCUT2D eigenvalue weighted by atomic mass is 10.1. The Labute approximate surface area is 149 Å². The third-order valence-corrected chi connectivity index (χ3v) is 3.69. The molecule has 6 heteroatoms. The van der Waals surface area contributed by atoms with Crippen molar-refractivity contribution in [2.45, 2.75) is 13.0 Å². The van der Waals surface area contributed by atoms with E-state index in [1.807, 2.05) is 0 Å². The average molecular weight is 353 g/mol. The van der Waals surface area contributed by atoms with Crippen LogP contribution in [0.5, 0.6) is 0 Å². The van der Waals surface area contributed by atoms with Gasteiger partial charge in [-0.25, -0.2) is 13.8 Å². The number of amides is 1. The first-order valence-corrected chi connectivity index (χ1v) is 8.07. The van der Waals surface area contributed by atoms with Crippen LogP contribution in [0, 0.1) is 11.6 Å². The summed E-state index contributed by atoms with van der Waals surface area (Å²) in [5.74, 6) is -0.249. The van der Waals surface area contributed by atoms with Crippen LogP contribution in [0.4, 0.5) is 20.3 Å². The number of benzene rings is 2. The van der Waals surface area contributed by atoms with Crippen LogP contribution in [0.25, 0.3) is 0 Å². The normalized spacial score (nSPS) is 10.4. The standard InChI is InChI=1S/C20H17F2N3O/c21-16-6-4-14(5-7-16)12-23-19-9-8-18(13-24-19)25-20(26)11-15-2-1-3-17(22)10-15/h1-10,13H,11-12H2,(H,23,24)(H,25,26). The molecule has 1 aromatic heterocycles. The Hall–Kier alpha value is -3.28. The molecule has 0 saturated heterocycles. The molecule has 3 rings (SSSR count). The van der Waals surface area contributed by atoms with E-state index < -0.39 is 0 Å². The molecule has 0 aliphatic heterocycles. The van der Waals surface area contributed by atoms with E-state index in [1.165, 1.54) is 30.5 Å². The number of nitrogens with zero attached hydrogens (tertiary/aromatic N) is 1. The smallest absolute Gasteiger partial charge is 0.228 e. The summed E-state index contributed by atoms with van der Waals surface area (Å²) in [5, 5.41) is 5.84. The van der Waals surface area contributed by atoms with Crippen LogP contribution in [-0.4, -0.2) is 10.9 Å². The highest BCUT2D eigenvalue weighted by Gasteiger charge is 2.05. The number of anilines is 2. The highest BCUT2D eigenvalue weighted by Crippen LogP contribution is 2.12. The fourth-order valence-electron chi connectivity index (χ4n) is 2.40. The Morgan fingerprint density at radius 1 is 0.923 bits per heavy atom. The van der Waals surface area contributed by atoms with Gasteiger partial charge in [0.25, 0.3) is 0 Å². The van der Waals surface area contributed by atoms with Crippen molar-refractivity contribution in [3.05, 3.63) is 89.6 Å². The van der Waals surface area contributed by atoms with Crippen molar-refractivity contribution in [1.82, 2.24) is 4.98 Å². The molecule has 0 radical (unpaired) electrons. The van der Waals surface area contributed by atoms with E-state index in [4.69, 9.17) is 0 Å². The van der Waals surface area contributed by atoms with Gasteiger partial charge in [-0.05, 0) is 47.5 Å². The van der Waals surface area contributed by atoms with Gasteiger partial charge in [0.05, 0.1) is 18.3 Å². The SMILES string of the molecule is O=C(Cc1cccc(F)c1)Nc1ccc(NCc2ccc(F)cc2)nc1. The molecular weight excluding hydrogens is 336 g/mol. The summed E-state index contributed by atoms with van der Waals surface area (Å²) in [6, 6.07) is 15.6. The third kappa shape index (κ3) is 5.11. The topological polar surface area (TPSA) is 54.0 Å². The van der Waals surface area contributed by atoms with Crippen LogP contribution in [0.15, 0.2) is 66.9 Å². The van der Waals surface area contributed by atoms with Crippen molar-refractivity contribution >= 4 is 17.4 Å². The van der Waals surface area contributed by atoms with Crippen molar-refractivity contribution in [1.29, 1.82) is 0 Å². The number of pyridine rings is 1. The molecule has 1 amide bonds. The first-order chi connectivity index (χ1) is 12.6. The maximum Gasteiger partial charge on any atom is 0.228 e. The molecule has 26 heavy (non-hydrogen) atoms. The number of carbonyl (C=O) groups is 1. The lowest BCUT2D eigenvalue weighted by Gasteiger charge is -2.08. The van der Waals surface area contributed by atoms with Crippen molar-refractivity contribution in [3.63, 3.8) is 0 Å². The van der Waals surface area contributed by atoms with Gasteiger partial charge in [0.2, 0.25) is 5.91 Å². The summed E-state index contributed by atoms with van der Waals surface area (Å²) in [6.45, 7) is 0.512. The van der Waals surface area contributed by atoms with E-state index in [0.29, 0.717) is 23.6 Å². The zero-order valence-corrected chi connectivity index (χ0v) is 13.9. The van der Waals surface area contributed by atoms with Crippen molar-refractivity contribution in [2.24, 2.45) is 0 Å². The average Bonchev–Trinajstić information content (AvgIpc) is 2.62. The Morgan fingerprint density at radius 3 is 2.42 bits per heavy atom. The summed E-state index contributed by atoms with van der Waals surface area (Å²) >= 11 is 0. The van der Waals surface area contributed by atoms with E-state index >= 15 is 0 Å². The molecule has 0 aliphatic rings. The second-order valence-electron chi connectivity index (χ2n) is 5.77. The molecule has 0 spiro atoms. The molecule has 3 aromatic rings. The van der Waals surface area contributed by atoms with Crippen molar-refractivity contribution in [3.8, 4) is 0 Å². The van der Waals surface area contributed by atoms with Crippen LogP contribution in [0.1, 0.15) is 11.1 Å². The third-order valence-electron chi connectivity index (χ3n) is 3.69. The first kappa shape index (κ1) is 17.5. The van der Waals surface area contributed by atoms with Crippen LogP contribution in [0.3, 0.4) is 0 Å². The summed E-state index contributed by atoms with van der Waals surface area (Å²) in [4.78, 5) is 16.2. The zero-order chi connectivity index (χ0) is 18.4. The highest BCUT2D eigenvalue weighted by atomic mass is 19.1. The quantitative estimate of drug-likeness (QED) is 0.700. The Balaban J connectivity index is 1.52. The van der Waals surface area contributed by atoms with Crippen LogP contribution >= 0.6 is 0 Å². The summed E-state index contributed by atoms with van der Waals surface area (Å²) in [7, 11) is 0. The van der Waals surface area contributed by atoms with E-state index in [9.17, 15) is 13.6 Å². The van der Waals surface area contributed by atoms with Gasteiger partial charge < -0.3 is 10.6 Å². The number of rotatable bonds is 6. The fraction of sp³-hybridized carbons (Fsp3) is 0.100. The van der Waals surface area contributed by atoms with E-state index in [2.05, 4.69) is 15.6 Å². The minimum absolute atomic E-state index is 0.0856. The zero-order valence-electron chi connectivity index (χ0n) is 13.9. The minimum Gasteiger partial charge on any atom is -0.366 e. The maximum absolute atomic E-state index is 13.1. The second-order valence-corrected chi connectivity index (χ2v) is 5.77. The molecule has 2 aromatic carbocycles. The van der Waals surface area contributed by atoms with Gasteiger partial charge >= 0.3 is 0 Å². The monoisotopic (exact) mass is 353 g/mol. The molecular formula is C20H17F2N3O. The number of halogens is 2. The van der Waals surface area contributed by atoms with Gasteiger partial charge in [-0.1, -0.05) is 24.3 Å². The van der Waals surface area contributed by atoms with Gasteiger partial charge in [-0.15, -0.1) is 0 Å². The summed E-state index contributed by atoms with van der Waals surface area (Å²) < 4.78 is 26.0. The highest BCUT2D eigenvalue weighted by molar-refractivity contribution is 5.92. The molecule has 2 N–H and O–H groups in total. The number of hydrogen-bond donors (Lipinski definition) is 2. The van der Waals surface area contributed by atoms with E-state index in [-0.39, 0.29) is 24.0 Å². The number of aromatic nitrogens is 1. The fourth-order valence-corrected chi connectivity index (χ4v) is 2.40. The Kier molecular flexibility index (Phi) is 5.53. The summed E-state index contributed by atoms with van der Waals surface area (Å²) in [6.07, 6.45) is 1.62. The van der Waals surface area contributed by atoms with Gasteiger partial charge in [0, 0.05) is 6.54 Å². The number of carbonyl (C=O) groups excluding carboxylic acids is 1. The van der Waals surface area contributed by atoms with E-state index in [1.54, 1.807) is 36.4 Å². The van der Waals surface area contributed by atoms with Crippen LogP contribution in [0.2, 0.25) is 0 Å². The second kappa shape index (κ2) is 8.20. The molecule has 0 saturated carbocycles. The van der Waals surface area contributed by atoms with Gasteiger partial charge in [-0.3, -0.25) is 4.79 Å². The lowest BCUT2D eigenvalue weighted by Crippen LogP contribution is -2.14. The van der Waals surface area contributed by atoms with Crippen LogP contribution in [-0.2, 0) is 17.8 Å². The van der Waals surface area contributed by atoms with Gasteiger partial charge in [0.1, 0.15) is 17.5 Å². The van der Waals surface area contributed by atoms with E-state index in [0.717, 1.165) is 5.56 Å². The van der Waals surface area contributed by atoms with Gasteiger partial charge in [0.15, 0.2) is 0 Å². The number of hydrogen-bond acceptors (Lipinski definition) is 3. The van der Waals surface area contributed by atoms with Crippen molar-refractivity contribution in [2.75, 3.05) is 10.6 Å². The molecule has 4 nitrogen and oxygen atoms in total. The maximum atomic E-state index is 13.1. The lowest BCUT2D eigenvalue weighted by molar-refractivity contribution is -0.115. The molecule has 0 atom stereocenters. The Morgan fingerprint density at radius 2 is 1.73 bits per heavy atom.